The first-order valence-corrected chi connectivity index (χ1v) is 7.96. The number of fused-ring (bicyclic) bond motifs is 1. The van der Waals surface area contributed by atoms with Gasteiger partial charge in [-0.2, -0.15) is 0 Å². The molecule has 1 aromatic rings. The van der Waals surface area contributed by atoms with Gasteiger partial charge >= 0.3 is 0 Å². The van der Waals surface area contributed by atoms with Crippen molar-refractivity contribution in [2.24, 2.45) is 4.99 Å². The number of guanidine groups is 1. The van der Waals surface area contributed by atoms with Crippen LogP contribution < -0.4 is 10.6 Å². The number of ether oxygens (including phenoxy) is 1. The number of nitrogens with one attached hydrogen (secondary N) is 2. The fraction of sp³-hybridized carbons (Fsp3) is 0.588. The average molecular weight is 289 g/mol. The number of hydrogen-bond acceptors (Lipinski definition) is 2. The standard InChI is InChI=1S/C17H27N3O/c1-3-21-11-5-10-19-17(18-2)20-13-14-8-9-15-6-4-7-16(15)12-14/h8-9,12H,3-7,10-11,13H2,1-2H3,(H2,18,19,20). The summed E-state index contributed by atoms with van der Waals surface area (Å²) in [6.45, 7) is 5.30. The van der Waals surface area contributed by atoms with E-state index in [1.165, 1.54) is 36.0 Å². The molecule has 0 spiro atoms. The molecule has 0 aliphatic heterocycles. The van der Waals surface area contributed by atoms with Crippen LogP contribution in [-0.4, -0.2) is 32.8 Å². The van der Waals surface area contributed by atoms with E-state index in [2.05, 4.69) is 33.8 Å². The third-order valence-corrected chi connectivity index (χ3v) is 3.81. The topological polar surface area (TPSA) is 45.6 Å². The summed E-state index contributed by atoms with van der Waals surface area (Å²) in [5.74, 6) is 0.854. The Balaban J connectivity index is 1.73. The Hall–Kier alpha value is -1.55. The van der Waals surface area contributed by atoms with Crippen LogP contribution in [0.4, 0.5) is 0 Å². The van der Waals surface area contributed by atoms with Crippen LogP contribution in [0.3, 0.4) is 0 Å². The van der Waals surface area contributed by atoms with Crippen LogP contribution in [0.25, 0.3) is 0 Å². The number of aliphatic imine (C=N–C) groups is 1. The fourth-order valence-corrected chi connectivity index (χ4v) is 2.67. The van der Waals surface area contributed by atoms with Gasteiger partial charge in [0, 0.05) is 33.4 Å². The van der Waals surface area contributed by atoms with Crippen molar-refractivity contribution >= 4 is 5.96 Å². The Morgan fingerprint density at radius 3 is 2.90 bits per heavy atom. The molecule has 0 heterocycles. The predicted octanol–water partition coefficient (Wildman–Crippen LogP) is 2.27. The normalized spacial score (nSPS) is 14.1. The van der Waals surface area contributed by atoms with E-state index in [0.717, 1.165) is 38.7 Å². The molecule has 0 unspecified atom stereocenters. The van der Waals surface area contributed by atoms with Crippen LogP contribution in [0.5, 0.6) is 0 Å². The summed E-state index contributed by atoms with van der Waals surface area (Å²) >= 11 is 0. The Bertz CT molecular complexity index is 471. The van der Waals surface area contributed by atoms with Crippen LogP contribution in [0.2, 0.25) is 0 Å². The monoisotopic (exact) mass is 289 g/mol. The quantitative estimate of drug-likeness (QED) is 0.460. The van der Waals surface area contributed by atoms with Gasteiger partial charge in [0.1, 0.15) is 0 Å². The number of rotatable bonds is 7. The first-order valence-electron chi connectivity index (χ1n) is 7.96. The molecule has 0 amide bonds. The van der Waals surface area contributed by atoms with E-state index in [1.54, 1.807) is 7.05 Å². The zero-order chi connectivity index (χ0) is 14.9. The third kappa shape index (κ3) is 5.05. The van der Waals surface area contributed by atoms with E-state index in [9.17, 15) is 0 Å². The van der Waals surface area contributed by atoms with Gasteiger partial charge in [-0.3, -0.25) is 4.99 Å². The van der Waals surface area contributed by atoms with E-state index >= 15 is 0 Å². The van der Waals surface area contributed by atoms with Crippen LogP contribution in [0.1, 0.15) is 36.5 Å². The Morgan fingerprint density at radius 2 is 2.10 bits per heavy atom. The zero-order valence-electron chi connectivity index (χ0n) is 13.2. The van der Waals surface area contributed by atoms with Crippen molar-refractivity contribution in [3.05, 3.63) is 34.9 Å². The minimum absolute atomic E-state index is 0.783. The lowest BCUT2D eigenvalue weighted by Crippen LogP contribution is -2.37. The van der Waals surface area contributed by atoms with E-state index in [-0.39, 0.29) is 0 Å². The van der Waals surface area contributed by atoms with Crippen molar-refractivity contribution in [3.8, 4) is 0 Å². The van der Waals surface area contributed by atoms with Gasteiger partial charge in [-0.25, -0.2) is 0 Å². The molecule has 0 atom stereocenters. The van der Waals surface area contributed by atoms with Crippen LogP contribution in [0, 0.1) is 0 Å². The maximum absolute atomic E-state index is 5.32. The average Bonchev–Trinajstić information content (AvgIpc) is 2.97. The van der Waals surface area contributed by atoms with E-state index < -0.39 is 0 Å². The minimum Gasteiger partial charge on any atom is -0.382 e. The molecule has 21 heavy (non-hydrogen) atoms. The number of hydrogen-bond donors (Lipinski definition) is 2. The Morgan fingerprint density at radius 1 is 1.24 bits per heavy atom. The van der Waals surface area contributed by atoms with Crippen molar-refractivity contribution in [2.75, 3.05) is 26.8 Å². The highest BCUT2D eigenvalue weighted by molar-refractivity contribution is 5.79. The summed E-state index contributed by atoms with van der Waals surface area (Å²) in [6.07, 6.45) is 4.77. The van der Waals surface area contributed by atoms with E-state index in [0.29, 0.717) is 0 Å². The molecule has 1 aliphatic rings. The second kappa shape index (κ2) is 8.67. The van der Waals surface area contributed by atoms with Gasteiger partial charge < -0.3 is 15.4 Å². The summed E-state index contributed by atoms with van der Waals surface area (Å²) in [5.41, 5.74) is 4.37. The highest BCUT2D eigenvalue weighted by atomic mass is 16.5. The second-order valence-corrected chi connectivity index (χ2v) is 5.36. The molecule has 2 N–H and O–H groups in total. The molecule has 0 radical (unpaired) electrons. The van der Waals surface area contributed by atoms with Gasteiger partial charge in [0.25, 0.3) is 0 Å². The molecule has 0 fully saturated rings. The fourth-order valence-electron chi connectivity index (χ4n) is 2.67. The van der Waals surface area contributed by atoms with Gasteiger partial charge in [-0.05, 0) is 49.3 Å². The minimum atomic E-state index is 0.783. The molecule has 0 bridgehead atoms. The molecular formula is C17H27N3O. The first kappa shape index (κ1) is 15.8. The van der Waals surface area contributed by atoms with Gasteiger partial charge in [-0.1, -0.05) is 18.2 Å². The largest absolute Gasteiger partial charge is 0.382 e. The zero-order valence-corrected chi connectivity index (χ0v) is 13.2. The summed E-state index contributed by atoms with van der Waals surface area (Å²) in [6, 6.07) is 6.83. The molecule has 0 saturated heterocycles. The molecule has 0 saturated carbocycles. The highest BCUT2D eigenvalue weighted by Crippen LogP contribution is 2.22. The van der Waals surface area contributed by atoms with Gasteiger partial charge in [0.15, 0.2) is 5.96 Å². The molecule has 1 aromatic carbocycles. The van der Waals surface area contributed by atoms with Gasteiger partial charge in [0.2, 0.25) is 0 Å². The Labute approximate surface area is 128 Å². The second-order valence-electron chi connectivity index (χ2n) is 5.36. The van der Waals surface area contributed by atoms with Gasteiger partial charge in [0.05, 0.1) is 0 Å². The van der Waals surface area contributed by atoms with Crippen molar-refractivity contribution in [1.29, 1.82) is 0 Å². The van der Waals surface area contributed by atoms with E-state index in [1.807, 2.05) is 6.92 Å². The summed E-state index contributed by atoms with van der Waals surface area (Å²) in [7, 11) is 1.81. The number of benzene rings is 1. The smallest absolute Gasteiger partial charge is 0.191 e. The van der Waals surface area contributed by atoms with Crippen LogP contribution >= 0.6 is 0 Å². The SMILES string of the molecule is CCOCCCNC(=NC)NCc1ccc2c(c1)CCC2. The summed E-state index contributed by atoms with van der Waals surface area (Å²) in [5, 5.41) is 6.68. The molecule has 2 rings (SSSR count). The van der Waals surface area contributed by atoms with Gasteiger partial charge in [-0.15, -0.1) is 0 Å². The van der Waals surface area contributed by atoms with Crippen LogP contribution in [0.15, 0.2) is 23.2 Å². The molecule has 116 valence electrons. The maximum atomic E-state index is 5.32. The number of nitrogens with zero attached hydrogens (tertiary/aromatic N) is 1. The predicted molar refractivity (Wildman–Crippen MR) is 87.8 cm³/mol. The van der Waals surface area contributed by atoms with E-state index in [4.69, 9.17) is 4.74 Å². The van der Waals surface area contributed by atoms with Crippen molar-refractivity contribution in [1.82, 2.24) is 10.6 Å². The lowest BCUT2D eigenvalue weighted by atomic mass is 10.1. The lowest BCUT2D eigenvalue weighted by Gasteiger charge is -2.12. The van der Waals surface area contributed by atoms with Crippen molar-refractivity contribution < 1.29 is 4.74 Å². The van der Waals surface area contributed by atoms with Crippen molar-refractivity contribution in [3.63, 3.8) is 0 Å². The van der Waals surface area contributed by atoms with Crippen LogP contribution in [-0.2, 0) is 24.1 Å². The summed E-state index contributed by atoms with van der Waals surface area (Å²) < 4.78 is 5.32. The Kier molecular flexibility index (Phi) is 6.54. The molecule has 4 heteroatoms. The summed E-state index contributed by atoms with van der Waals surface area (Å²) in [4.78, 5) is 4.25. The maximum Gasteiger partial charge on any atom is 0.191 e. The molecular weight excluding hydrogens is 262 g/mol. The number of aryl methyl sites for hydroxylation is 2. The third-order valence-electron chi connectivity index (χ3n) is 3.81. The molecule has 0 aromatic heterocycles. The highest BCUT2D eigenvalue weighted by Gasteiger charge is 2.10. The molecule has 4 nitrogen and oxygen atoms in total. The van der Waals surface area contributed by atoms with Crippen molar-refractivity contribution in [2.45, 2.75) is 39.2 Å². The lowest BCUT2D eigenvalue weighted by molar-refractivity contribution is 0.145. The first-order chi connectivity index (χ1) is 10.3. The molecule has 1 aliphatic carbocycles.